The molecule has 1 aliphatic rings. The van der Waals surface area contributed by atoms with Crippen LogP contribution in [0, 0.1) is 0 Å². The third-order valence-corrected chi connectivity index (χ3v) is 1.79. The van der Waals surface area contributed by atoms with Gasteiger partial charge in [-0.1, -0.05) is 6.92 Å². The molecular weight excluding hydrogens is 156 g/mol. The van der Waals surface area contributed by atoms with E-state index in [2.05, 4.69) is 17.6 Å². The molecule has 1 unspecified atom stereocenters. The number of carboxylic acid groups (broad SMARTS) is 1. The van der Waals surface area contributed by atoms with E-state index in [1.165, 1.54) is 19.4 Å². The van der Waals surface area contributed by atoms with Crippen molar-refractivity contribution in [2.24, 2.45) is 0 Å². The number of hydrogen-bond acceptors (Lipinski definition) is 3. The average molecular weight is 174 g/mol. The van der Waals surface area contributed by atoms with E-state index >= 15 is 0 Å². The predicted octanol–water partition coefficient (Wildman–Crippen LogP) is 0.0487. The second kappa shape index (κ2) is 8.49. The Hall–Kier alpha value is -0.610. The number of carbonyl (C=O) groups is 1. The smallest absolute Gasteiger partial charge is 0.290 e. The fourth-order valence-corrected chi connectivity index (χ4v) is 1.31. The van der Waals surface area contributed by atoms with Gasteiger partial charge < -0.3 is 15.7 Å². The van der Waals surface area contributed by atoms with Gasteiger partial charge in [-0.05, 0) is 25.9 Å². The van der Waals surface area contributed by atoms with Gasteiger partial charge in [0.15, 0.2) is 0 Å². The van der Waals surface area contributed by atoms with E-state index in [0.29, 0.717) is 0 Å². The minimum absolute atomic E-state index is 0.250. The largest absolute Gasteiger partial charge is 0.483 e. The van der Waals surface area contributed by atoms with Gasteiger partial charge in [-0.25, -0.2) is 0 Å². The standard InChI is InChI=1S/C7H16N2.CH2O2/c1-2-9-7-4-3-5-8-6-7;2-1-3/h7-9H,2-6H2,1H3;1H,(H,2,3). The first-order chi connectivity index (χ1) is 5.85. The highest BCUT2D eigenvalue weighted by Crippen LogP contribution is 1.99. The van der Waals surface area contributed by atoms with Crippen LogP contribution in [0.3, 0.4) is 0 Å². The zero-order valence-electron chi connectivity index (χ0n) is 7.55. The van der Waals surface area contributed by atoms with Gasteiger partial charge in [-0.2, -0.15) is 0 Å². The Kier molecular flexibility index (Phi) is 8.05. The Balaban J connectivity index is 0.000000354. The van der Waals surface area contributed by atoms with Crippen LogP contribution in [0.2, 0.25) is 0 Å². The Morgan fingerprint density at radius 1 is 1.75 bits per heavy atom. The highest BCUT2D eigenvalue weighted by molar-refractivity contribution is 5.32. The van der Waals surface area contributed by atoms with Crippen molar-refractivity contribution in [1.82, 2.24) is 10.6 Å². The molecule has 0 aromatic carbocycles. The van der Waals surface area contributed by atoms with Crippen molar-refractivity contribution in [3.63, 3.8) is 0 Å². The summed E-state index contributed by atoms with van der Waals surface area (Å²) in [5.41, 5.74) is 0. The fraction of sp³-hybridized carbons (Fsp3) is 0.875. The van der Waals surface area contributed by atoms with Crippen molar-refractivity contribution < 1.29 is 9.90 Å². The third-order valence-electron chi connectivity index (χ3n) is 1.79. The zero-order valence-corrected chi connectivity index (χ0v) is 7.55. The lowest BCUT2D eigenvalue weighted by atomic mass is 10.1. The average Bonchev–Trinajstić information content (AvgIpc) is 2.08. The lowest BCUT2D eigenvalue weighted by molar-refractivity contribution is -0.122. The van der Waals surface area contributed by atoms with Crippen LogP contribution in [-0.4, -0.2) is 37.3 Å². The quantitative estimate of drug-likeness (QED) is 0.518. The molecule has 1 atom stereocenters. The van der Waals surface area contributed by atoms with Crippen molar-refractivity contribution in [2.75, 3.05) is 19.6 Å². The van der Waals surface area contributed by atoms with E-state index in [0.717, 1.165) is 19.1 Å². The number of piperidine rings is 1. The summed E-state index contributed by atoms with van der Waals surface area (Å²) in [5, 5.41) is 13.7. The van der Waals surface area contributed by atoms with Crippen LogP contribution in [0.5, 0.6) is 0 Å². The first-order valence-corrected chi connectivity index (χ1v) is 4.37. The van der Waals surface area contributed by atoms with E-state index < -0.39 is 0 Å². The molecular formula is C8H18N2O2. The fourth-order valence-electron chi connectivity index (χ4n) is 1.31. The van der Waals surface area contributed by atoms with Crippen LogP contribution in [0.15, 0.2) is 0 Å². The van der Waals surface area contributed by atoms with Gasteiger partial charge in [0.25, 0.3) is 6.47 Å². The van der Waals surface area contributed by atoms with Gasteiger partial charge in [0, 0.05) is 12.6 Å². The number of rotatable bonds is 2. The van der Waals surface area contributed by atoms with E-state index in [1.807, 2.05) is 0 Å². The van der Waals surface area contributed by atoms with Gasteiger partial charge in [-0.3, -0.25) is 4.79 Å². The number of nitrogens with one attached hydrogen (secondary N) is 2. The minimum atomic E-state index is -0.250. The topological polar surface area (TPSA) is 61.4 Å². The monoisotopic (exact) mass is 174 g/mol. The van der Waals surface area contributed by atoms with E-state index in [4.69, 9.17) is 9.90 Å². The molecule has 12 heavy (non-hydrogen) atoms. The molecule has 1 rings (SSSR count). The number of likely N-dealkylation sites (N-methyl/N-ethyl adjacent to an activating group) is 1. The highest BCUT2D eigenvalue weighted by Gasteiger charge is 2.09. The van der Waals surface area contributed by atoms with Crippen molar-refractivity contribution in [1.29, 1.82) is 0 Å². The molecule has 1 saturated heterocycles. The lowest BCUT2D eigenvalue weighted by Crippen LogP contribution is -2.42. The van der Waals surface area contributed by atoms with Crippen LogP contribution in [0.1, 0.15) is 19.8 Å². The summed E-state index contributed by atoms with van der Waals surface area (Å²) in [6.07, 6.45) is 2.68. The summed E-state index contributed by atoms with van der Waals surface area (Å²) in [7, 11) is 0. The zero-order chi connectivity index (χ0) is 9.23. The molecule has 0 spiro atoms. The SMILES string of the molecule is CCNC1CCCNC1.O=CO. The molecule has 1 heterocycles. The molecule has 0 radical (unpaired) electrons. The van der Waals surface area contributed by atoms with Gasteiger partial charge in [0.2, 0.25) is 0 Å². The molecule has 0 aromatic rings. The van der Waals surface area contributed by atoms with Crippen LogP contribution >= 0.6 is 0 Å². The Labute approximate surface area is 73.3 Å². The summed E-state index contributed by atoms with van der Waals surface area (Å²) in [6, 6.07) is 0.740. The maximum atomic E-state index is 8.36. The summed E-state index contributed by atoms with van der Waals surface area (Å²) in [5.74, 6) is 0. The van der Waals surface area contributed by atoms with Crippen molar-refractivity contribution >= 4 is 6.47 Å². The summed E-state index contributed by atoms with van der Waals surface area (Å²) in [4.78, 5) is 8.36. The van der Waals surface area contributed by atoms with Gasteiger partial charge in [0.1, 0.15) is 0 Å². The Morgan fingerprint density at radius 3 is 2.83 bits per heavy atom. The maximum absolute atomic E-state index is 8.36. The third kappa shape index (κ3) is 6.12. The summed E-state index contributed by atoms with van der Waals surface area (Å²) < 4.78 is 0. The van der Waals surface area contributed by atoms with E-state index in [9.17, 15) is 0 Å². The molecule has 0 bridgehead atoms. The second-order valence-corrected chi connectivity index (χ2v) is 2.71. The lowest BCUT2D eigenvalue weighted by Gasteiger charge is -2.22. The van der Waals surface area contributed by atoms with Gasteiger partial charge >= 0.3 is 0 Å². The van der Waals surface area contributed by atoms with Crippen LogP contribution < -0.4 is 10.6 Å². The minimum Gasteiger partial charge on any atom is -0.483 e. The van der Waals surface area contributed by atoms with Crippen LogP contribution in [-0.2, 0) is 4.79 Å². The van der Waals surface area contributed by atoms with Crippen LogP contribution in [0.4, 0.5) is 0 Å². The molecule has 3 N–H and O–H groups in total. The predicted molar refractivity (Wildman–Crippen MR) is 48.3 cm³/mol. The molecule has 0 aromatic heterocycles. The molecule has 0 amide bonds. The van der Waals surface area contributed by atoms with E-state index in [1.54, 1.807) is 0 Å². The molecule has 1 fully saturated rings. The van der Waals surface area contributed by atoms with Gasteiger partial charge in [0.05, 0.1) is 0 Å². The van der Waals surface area contributed by atoms with Gasteiger partial charge in [-0.15, -0.1) is 0 Å². The Morgan fingerprint density at radius 2 is 2.42 bits per heavy atom. The van der Waals surface area contributed by atoms with Crippen molar-refractivity contribution in [3.8, 4) is 0 Å². The van der Waals surface area contributed by atoms with Crippen molar-refractivity contribution in [2.45, 2.75) is 25.8 Å². The summed E-state index contributed by atoms with van der Waals surface area (Å²) in [6.45, 7) is 5.39. The Bertz CT molecular complexity index is 100. The first kappa shape index (κ1) is 11.4. The second-order valence-electron chi connectivity index (χ2n) is 2.71. The molecule has 4 heteroatoms. The first-order valence-electron chi connectivity index (χ1n) is 4.37. The molecule has 0 aliphatic carbocycles. The molecule has 72 valence electrons. The number of hydrogen-bond donors (Lipinski definition) is 3. The highest BCUT2D eigenvalue weighted by atomic mass is 16.3. The summed E-state index contributed by atoms with van der Waals surface area (Å²) >= 11 is 0. The molecule has 1 aliphatic heterocycles. The molecule has 0 saturated carbocycles. The van der Waals surface area contributed by atoms with Crippen LogP contribution in [0.25, 0.3) is 0 Å². The van der Waals surface area contributed by atoms with E-state index in [-0.39, 0.29) is 6.47 Å². The van der Waals surface area contributed by atoms with Crippen molar-refractivity contribution in [3.05, 3.63) is 0 Å². The molecule has 4 nitrogen and oxygen atoms in total. The maximum Gasteiger partial charge on any atom is 0.290 e. The normalized spacial score (nSPS) is 22.2.